The van der Waals surface area contributed by atoms with Gasteiger partial charge in [-0.25, -0.2) is 0 Å². The van der Waals surface area contributed by atoms with Gasteiger partial charge in [0, 0.05) is 6.42 Å². The van der Waals surface area contributed by atoms with E-state index in [0.717, 1.165) is 38.5 Å². The van der Waals surface area contributed by atoms with Crippen LogP contribution < -0.4 is 0 Å². The molecule has 0 heterocycles. The SMILES string of the molecule is O=C(O)CCCCCCCCCOS(=O)(=O)c1ccccc1. The molecule has 0 aromatic heterocycles. The molecule has 0 aliphatic carbocycles. The highest BCUT2D eigenvalue weighted by molar-refractivity contribution is 7.86. The van der Waals surface area contributed by atoms with Crippen LogP contribution in [0.5, 0.6) is 0 Å². The molecule has 22 heavy (non-hydrogen) atoms. The standard InChI is InChI=1S/C16H24O5S/c17-16(18)13-9-4-2-1-3-5-10-14-21-22(19,20)15-11-7-6-8-12-15/h6-8,11-12H,1-5,9-10,13-14H2,(H,17,18). The van der Waals surface area contributed by atoms with E-state index in [4.69, 9.17) is 9.29 Å². The van der Waals surface area contributed by atoms with Gasteiger partial charge in [0.25, 0.3) is 10.1 Å². The highest BCUT2D eigenvalue weighted by atomic mass is 32.2. The first-order chi connectivity index (χ1) is 10.5. The van der Waals surface area contributed by atoms with Crippen molar-refractivity contribution < 1.29 is 22.5 Å². The lowest BCUT2D eigenvalue weighted by molar-refractivity contribution is -0.137. The van der Waals surface area contributed by atoms with Gasteiger partial charge >= 0.3 is 5.97 Å². The Kier molecular flexibility index (Phi) is 8.77. The molecule has 0 saturated heterocycles. The number of aliphatic carboxylic acids is 1. The van der Waals surface area contributed by atoms with Gasteiger partial charge in [0.15, 0.2) is 0 Å². The van der Waals surface area contributed by atoms with Gasteiger partial charge in [0.1, 0.15) is 0 Å². The van der Waals surface area contributed by atoms with E-state index in [-0.39, 0.29) is 17.9 Å². The fourth-order valence-corrected chi connectivity index (χ4v) is 3.05. The molecule has 0 bridgehead atoms. The Hall–Kier alpha value is -1.40. The zero-order valence-electron chi connectivity index (χ0n) is 12.7. The van der Waals surface area contributed by atoms with Crippen LogP contribution in [0.1, 0.15) is 51.4 Å². The van der Waals surface area contributed by atoms with Crippen LogP contribution in [0.3, 0.4) is 0 Å². The van der Waals surface area contributed by atoms with Crippen molar-refractivity contribution in [2.24, 2.45) is 0 Å². The molecule has 1 aromatic carbocycles. The summed E-state index contributed by atoms with van der Waals surface area (Å²) in [7, 11) is -3.63. The number of carboxylic acid groups (broad SMARTS) is 1. The molecule has 5 nitrogen and oxygen atoms in total. The molecule has 0 radical (unpaired) electrons. The first kappa shape index (κ1) is 18.6. The predicted octanol–water partition coefficient (Wildman–Crippen LogP) is 3.60. The lowest BCUT2D eigenvalue weighted by atomic mass is 10.1. The summed E-state index contributed by atoms with van der Waals surface area (Å²) < 4.78 is 28.6. The Morgan fingerprint density at radius 1 is 0.909 bits per heavy atom. The zero-order valence-corrected chi connectivity index (χ0v) is 13.6. The van der Waals surface area contributed by atoms with Crippen molar-refractivity contribution in [2.75, 3.05) is 6.61 Å². The smallest absolute Gasteiger partial charge is 0.303 e. The minimum Gasteiger partial charge on any atom is -0.481 e. The molecule has 1 N–H and O–H groups in total. The summed E-state index contributed by atoms with van der Waals surface area (Å²) in [6.07, 6.45) is 6.62. The van der Waals surface area contributed by atoms with Gasteiger partial charge in [-0.15, -0.1) is 0 Å². The molecule has 6 heteroatoms. The molecule has 0 saturated carbocycles. The normalized spacial score (nSPS) is 11.5. The van der Waals surface area contributed by atoms with Gasteiger partial charge in [-0.1, -0.05) is 50.3 Å². The Morgan fingerprint density at radius 2 is 1.45 bits per heavy atom. The first-order valence-corrected chi connectivity index (χ1v) is 9.09. The highest BCUT2D eigenvalue weighted by Gasteiger charge is 2.13. The van der Waals surface area contributed by atoms with Crippen LogP contribution in [-0.4, -0.2) is 26.1 Å². The average molecular weight is 328 g/mol. The zero-order chi connectivity index (χ0) is 16.3. The van der Waals surface area contributed by atoms with E-state index < -0.39 is 16.1 Å². The van der Waals surface area contributed by atoms with Crippen LogP contribution >= 0.6 is 0 Å². The summed E-state index contributed by atoms with van der Waals surface area (Å²) in [5, 5.41) is 8.50. The summed E-state index contributed by atoms with van der Waals surface area (Å²) in [6.45, 7) is 0.205. The Labute approximate surface area is 132 Å². The van der Waals surface area contributed by atoms with Crippen molar-refractivity contribution in [3.63, 3.8) is 0 Å². The van der Waals surface area contributed by atoms with Gasteiger partial charge < -0.3 is 5.11 Å². The molecule has 0 aliphatic rings. The summed E-state index contributed by atoms with van der Waals surface area (Å²) in [5.74, 6) is -0.739. The van der Waals surface area contributed by atoms with Crippen LogP contribution in [0, 0.1) is 0 Å². The van der Waals surface area contributed by atoms with Gasteiger partial charge in [-0.05, 0) is 25.0 Å². The summed E-state index contributed by atoms with van der Waals surface area (Å²) in [4.78, 5) is 10.5. The summed E-state index contributed by atoms with van der Waals surface area (Å²) in [6, 6.07) is 8.13. The predicted molar refractivity (Wildman–Crippen MR) is 84.2 cm³/mol. The van der Waals surface area contributed by atoms with Crippen molar-refractivity contribution in [1.29, 1.82) is 0 Å². The van der Waals surface area contributed by atoms with Crippen LogP contribution in [0.4, 0.5) is 0 Å². The van der Waals surface area contributed by atoms with Crippen molar-refractivity contribution in [2.45, 2.75) is 56.3 Å². The Bertz CT molecular complexity index is 525. The van der Waals surface area contributed by atoms with Gasteiger partial charge in [-0.2, -0.15) is 8.42 Å². The lowest BCUT2D eigenvalue weighted by Gasteiger charge is -2.05. The van der Waals surface area contributed by atoms with E-state index >= 15 is 0 Å². The molecular weight excluding hydrogens is 304 g/mol. The van der Waals surface area contributed by atoms with E-state index in [1.54, 1.807) is 18.2 Å². The van der Waals surface area contributed by atoms with Gasteiger partial charge in [-0.3, -0.25) is 8.98 Å². The first-order valence-electron chi connectivity index (χ1n) is 7.68. The Morgan fingerprint density at radius 3 is 2.05 bits per heavy atom. The number of rotatable bonds is 12. The summed E-state index contributed by atoms with van der Waals surface area (Å²) >= 11 is 0. The molecule has 0 amide bonds. The monoisotopic (exact) mass is 328 g/mol. The van der Waals surface area contributed by atoms with Gasteiger partial charge in [0.05, 0.1) is 11.5 Å². The van der Waals surface area contributed by atoms with E-state index in [2.05, 4.69) is 0 Å². The molecule has 0 fully saturated rings. The summed E-state index contributed by atoms with van der Waals surface area (Å²) in [5.41, 5.74) is 0. The van der Waals surface area contributed by atoms with E-state index in [1.165, 1.54) is 12.1 Å². The van der Waals surface area contributed by atoms with Crippen LogP contribution in [-0.2, 0) is 19.1 Å². The minimum atomic E-state index is -3.63. The third kappa shape index (κ3) is 8.14. The van der Waals surface area contributed by atoms with Crippen molar-refractivity contribution in [1.82, 2.24) is 0 Å². The van der Waals surface area contributed by atoms with E-state index in [0.29, 0.717) is 6.42 Å². The topological polar surface area (TPSA) is 80.7 Å². The van der Waals surface area contributed by atoms with Crippen LogP contribution in [0.2, 0.25) is 0 Å². The molecular formula is C16H24O5S. The third-order valence-electron chi connectivity index (χ3n) is 3.31. The molecule has 1 rings (SSSR count). The molecule has 124 valence electrons. The number of carbonyl (C=O) groups is 1. The number of hydrogen-bond acceptors (Lipinski definition) is 4. The quantitative estimate of drug-likeness (QED) is 0.468. The Balaban J connectivity index is 2.03. The largest absolute Gasteiger partial charge is 0.481 e. The maximum Gasteiger partial charge on any atom is 0.303 e. The van der Waals surface area contributed by atoms with Crippen molar-refractivity contribution in [3.8, 4) is 0 Å². The van der Waals surface area contributed by atoms with E-state index in [1.807, 2.05) is 0 Å². The lowest BCUT2D eigenvalue weighted by Crippen LogP contribution is -2.07. The fourth-order valence-electron chi connectivity index (χ4n) is 2.09. The highest BCUT2D eigenvalue weighted by Crippen LogP contribution is 2.13. The van der Waals surface area contributed by atoms with Crippen molar-refractivity contribution >= 4 is 16.1 Å². The van der Waals surface area contributed by atoms with E-state index in [9.17, 15) is 13.2 Å². The number of unbranched alkanes of at least 4 members (excludes halogenated alkanes) is 6. The number of hydrogen-bond donors (Lipinski definition) is 1. The number of carboxylic acids is 1. The third-order valence-corrected chi connectivity index (χ3v) is 4.63. The molecule has 0 atom stereocenters. The van der Waals surface area contributed by atoms with Crippen molar-refractivity contribution in [3.05, 3.63) is 30.3 Å². The fraction of sp³-hybridized carbons (Fsp3) is 0.562. The average Bonchev–Trinajstić information content (AvgIpc) is 2.49. The molecule has 0 aliphatic heterocycles. The molecule has 1 aromatic rings. The minimum absolute atomic E-state index is 0.188. The molecule has 0 unspecified atom stereocenters. The second kappa shape index (κ2) is 10.3. The number of benzene rings is 1. The maximum atomic E-state index is 11.8. The second-order valence-electron chi connectivity index (χ2n) is 5.21. The molecule has 0 spiro atoms. The van der Waals surface area contributed by atoms with Gasteiger partial charge in [0.2, 0.25) is 0 Å². The second-order valence-corrected chi connectivity index (χ2v) is 6.82. The maximum absolute atomic E-state index is 11.8. The van der Waals surface area contributed by atoms with Crippen LogP contribution in [0.25, 0.3) is 0 Å². The van der Waals surface area contributed by atoms with Crippen LogP contribution in [0.15, 0.2) is 35.2 Å².